The van der Waals surface area contributed by atoms with Gasteiger partial charge in [0.1, 0.15) is 11.5 Å². The Bertz CT molecular complexity index is 1300. The maximum atomic E-state index is 12.5. The number of rotatable bonds is 5. The number of fused-ring (bicyclic) bond motifs is 2. The maximum Gasteiger partial charge on any atom is 0.189 e. The SMILES string of the molecule is CCN(CC)CCN=c1ccc2c3c1c(O)c1c(O)ccc(=O)c1c3[nH]n2C. The van der Waals surface area contributed by atoms with Crippen LogP contribution in [0, 0.1) is 0 Å². The molecular weight excluding hydrogens is 356 g/mol. The summed E-state index contributed by atoms with van der Waals surface area (Å²) in [5.74, 6) is -0.231. The fraction of sp³-hybridized carbons (Fsp3) is 0.333. The molecule has 3 aromatic carbocycles. The molecule has 3 N–H and O–H groups in total. The lowest BCUT2D eigenvalue weighted by Crippen LogP contribution is -2.26. The molecule has 4 rings (SSSR count). The average molecular weight is 380 g/mol. The molecule has 0 aliphatic rings. The fourth-order valence-corrected chi connectivity index (χ4v) is 3.99. The van der Waals surface area contributed by atoms with E-state index in [-0.39, 0.29) is 27.7 Å². The van der Waals surface area contributed by atoms with Gasteiger partial charge in [-0.2, -0.15) is 0 Å². The van der Waals surface area contributed by atoms with Crippen LogP contribution in [0.2, 0.25) is 0 Å². The van der Waals surface area contributed by atoms with Gasteiger partial charge in [-0.1, -0.05) is 13.8 Å². The van der Waals surface area contributed by atoms with Crippen LogP contribution >= 0.6 is 0 Å². The Labute approximate surface area is 161 Å². The molecule has 0 saturated heterocycles. The van der Waals surface area contributed by atoms with Crippen LogP contribution in [0.4, 0.5) is 0 Å². The Hall–Kier alpha value is -3.06. The van der Waals surface area contributed by atoms with Crippen molar-refractivity contribution in [1.82, 2.24) is 14.7 Å². The molecule has 7 heteroatoms. The quantitative estimate of drug-likeness (QED) is 0.463. The number of aromatic amines is 1. The van der Waals surface area contributed by atoms with Gasteiger partial charge in [-0.05, 0) is 37.4 Å². The zero-order valence-corrected chi connectivity index (χ0v) is 16.3. The summed E-state index contributed by atoms with van der Waals surface area (Å²) in [6, 6.07) is 6.44. The van der Waals surface area contributed by atoms with E-state index < -0.39 is 0 Å². The third kappa shape index (κ3) is 2.62. The highest BCUT2D eigenvalue weighted by Crippen LogP contribution is 2.40. The number of aryl methyl sites for hydroxylation is 1. The zero-order chi connectivity index (χ0) is 20.0. The lowest BCUT2D eigenvalue weighted by molar-refractivity contribution is 0.312. The van der Waals surface area contributed by atoms with Gasteiger partial charge in [-0.3, -0.25) is 19.6 Å². The molecule has 0 radical (unpaired) electrons. The van der Waals surface area contributed by atoms with E-state index in [0.29, 0.717) is 22.8 Å². The molecule has 7 nitrogen and oxygen atoms in total. The van der Waals surface area contributed by atoms with Crippen molar-refractivity contribution in [3.63, 3.8) is 0 Å². The molecular formula is C21H24N4O3. The van der Waals surface area contributed by atoms with E-state index in [1.807, 2.05) is 19.2 Å². The van der Waals surface area contributed by atoms with E-state index in [0.717, 1.165) is 30.5 Å². The standard InChI is InChI=1S/C21H24N4O3/c1-4-25(5-2)11-10-22-12-6-7-13-17-16(12)21(28)19-15(27)9-8-14(26)18(19)20(17)23-24(13)3/h6-9,23,27-28H,4-5,10-11H2,1-3H3. The molecule has 0 spiro atoms. The summed E-state index contributed by atoms with van der Waals surface area (Å²) in [6.07, 6.45) is 0. The molecule has 0 unspecified atom stereocenters. The van der Waals surface area contributed by atoms with Gasteiger partial charge in [0.05, 0.1) is 39.1 Å². The molecule has 0 bridgehead atoms. The van der Waals surface area contributed by atoms with Crippen LogP contribution in [-0.4, -0.2) is 51.1 Å². The van der Waals surface area contributed by atoms with Gasteiger partial charge in [-0.25, -0.2) is 0 Å². The number of H-pyrrole nitrogens is 1. The van der Waals surface area contributed by atoms with Gasteiger partial charge < -0.3 is 15.1 Å². The minimum Gasteiger partial charge on any atom is -0.507 e. The maximum absolute atomic E-state index is 12.5. The van der Waals surface area contributed by atoms with E-state index in [1.165, 1.54) is 12.1 Å². The molecule has 0 amide bonds. The molecule has 146 valence electrons. The number of nitrogens with one attached hydrogen (secondary N) is 1. The number of aromatic nitrogens is 2. The Morgan fingerprint density at radius 3 is 2.50 bits per heavy atom. The van der Waals surface area contributed by atoms with Crippen molar-refractivity contribution >= 4 is 32.6 Å². The van der Waals surface area contributed by atoms with E-state index in [9.17, 15) is 15.0 Å². The molecule has 0 aliphatic heterocycles. The Morgan fingerprint density at radius 1 is 1.04 bits per heavy atom. The lowest BCUT2D eigenvalue weighted by Gasteiger charge is -2.16. The number of benzene rings is 3. The number of hydrogen-bond acceptors (Lipinski definition) is 5. The Balaban J connectivity index is 2.08. The molecule has 4 aromatic rings. The van der Waals surface area contributed by atoms with Crippen molar-refractivity contribution in [3.05, 3.63) is 39.8 Å². The number of hydrogen-bond donors (Lipinski definition) is 3. The van der Waals surface area contributed by atoms with Gasteiger partial charge in [0.15, 0.2) is 5.43 Å². The summed E-state index contributed by atoms with van der Waals surface area (Å²) >= 11 is 0. The molecule has 0 saturated carbocycles. The van der Waals surface area contributed by atoms with Gasteiger partial charge in [0.2, 0.25) is 0 Å². The van der Waals surface area contributed by atoms with Gasteiger partial charge in [0.25, 0.3) is 0 Å². The largest absolute Gasteiger partial charge is 0.507 e. The number of phenolic OH excluding ortho intramolecular Hbond substituents is 2. The van der Waals surface area contributed by atoms with Crippen molar-refractivity contribution in [2.75, 3.05) is 26.2 Å². The van der Waals surface area contributed by atoms with Gasteiger partial charge >= 0.3 is 0 Å². The van der Waals surface area contributed by atoms with Crippen LogP contribution < -0.4 is 10.8 Å². The highest BCUT2D eigenvalue weighted by atomic mass is 16.3. The summed E-state index contributed by atoms with van der Waals surface area (Å²) < 4.78 is 1.81. The fourth-order valence-electron chi connectivity index (χ4n) is 3.99. The van der Waals surface area contributed by atoms with Crippen LogP contribution in [0.3, 0.4) is 0 Å². The minimum atomic E-state index is -0.252. The summed E-state index contributed by atoms with van der Waals surface area (Å²) in [5.41, 5.74) is 1.20. The van der Waals surface area contributed by atoms with Crippen molar-refractivity contribution < 1.29 is 10.2 Å². The molecule has 0 aliphatic carbocycles. The van der Waals surface area contributed by atoms with Crippen molar-refractivity contribution in [2.45, 2.75) is 13.8 Å². The van der Waals surface area contributed by atoms with E-state index in [2.05, 4.69) is 23.8 Å². The second-order valence-electron chi connectivity index (χ2n) is 6.99. The second kappa shape index (κ2) is 6.83. The van der Waals surface area contributed by atoms with E-state index >= 15 is 0 Å². The third-order valence-electron chi connectivity index (χ3n) is 5.51. The van der Waals surface area contributed by atoms with Crippen molar-refractivity contribution in [2.24, 2.45) is 12.0 Å². The Kier molecular flexibility index (Phi) is 4.47. The van der Waals surface area contributed by atoms with Gasteiger partial charge in [0, 0.05) is 19.0 Å². The second-order valence-corrected chi connectivity index (χ2v) is 6.99. The number of nitrogens with zero attached hydrogens (tertiary/aromatic N) is 3. The predicted molar refractivity (Wildman–Crippen MR) is 111 cm³/mol. The summed E-state index contributed by atoms with van der Waals surface area (Å²) in [4.78, 5) is 19.5. The number of aromatic hydroxyl groups is 2. The lowest BCUT2D eigenvalue weighted by atomic mass is 9.99. The molecule has 0 atom stereocenters. The number of likely N-dealkylation sites (N-methyl/N-ethyl adjacent to an activating group) is 1. The van der Waals surface area contributed by atoms with Crippen LogP contribution in [0.15, 0.2) is 34.1 Å². The first-order chi connectivity index (χ1) is 13.5. The van der Waals surface area contributed by atoms with Crippen LogP contribution in [-0.2, 0) is 7.05 Å². The normalized spacial score (nSPS) is 12.9. The molecule has 1 aromatic heterocycles. The van der Waals surface area contributed by atoms with Crippen LogP contribution in [0.25, 0.3) is 32.6 Å². The monoisotopic (exact) mass is 380 g/mol. The molecule has 28 heavy (non-hydrogen) atoms. The van der Waals surface area contributed by atoms with E-state index in [1.54, 1.807) is 4.68 Å². The van der Waals surface area contributed by atoms with Crippen LogP contribution in [0.5, 0.6) is 11.5 Å². The third-order valence-corrected chi connectivity index (χ3v) is 5.51. The summed E-state index contributed by atoms with van der Waals surface area (Å²) in [5, 5.41) is 27.0. The summed E-state index contributed by atoms with van der Waals surface area (Å²) in [7, 11) is 1.85. The highest BCUT2D eigenvalue weighted by molar-refractivity contribution is 6.23. The van der Waals surface area contributed by atoms with Gasteiger partial charge in [-0.15, -0.1) is 0 Å². The highest BCUT2D eigenvalue weighted by Gasteiger charge is 2.21. The minimum absolute atomic E-state index is 0.107. The van der Waals surface area contributed by atoms with Crippen molar-refractivity contribution in [3.8, 4) is 11.5 Å². The number of phenols is 2. The predicted octanol–water partition coefficient (Wildman–Crippen LogP) is 2.26. The smallest absolute Gasteiger partial charge is 0.189 e. The zero-order valence-electron chi connectivity index (χ0n) is 16.3. The first-order valence-electron chi connectivity index (χ1n) is 9.52. The average Bonchev–Trinajstić information content (AvgIpc) is 3.02. The van der Waals surface area contributed by atoms with Crippen molar-refractivity contribution in [1.29, 1.82) is 0 Å². The Morgan fingerprint density at radius 2 is 1.79 bits per heavy atom. The molecule has 0 fully saturated rings. The van der Waals surface area contributed by atoms with E-state index in [4.69, 9.17) is 4.99 Å². The summed E-state index contributed by atoms with van der Waals surface area (Å²) in [6.45, 7) is 7.57. The topological polar surface area (TPSA) is 93.8 Å². The first kappa shape index (κ1) is 18.3. The first-order valence-corrected chi connectivity index (χ1v) is 9.52. The molecule has 1 heterocycles. The van der Waals surface area contributed by atoms with Crippen LogP contribution in [0.1, 0.15) is 13.8 Å².